The summed E-state index contributed by atoms with van der Waals surface area (Å²) >= 11 is 0. The predicted molar refractivity (Wildman–Crippen MR) is 69.1 cm³/mol. The molecular formula is C13H15FN2O3. The number of hydrogen-bond acceptors (Lipinski definition) is 4. The number of ketones is 1. The first-order chi connectivity index (χ1) is 9.08. The molecule has 1 aromatic carbocycles. The van der Waals surface area contributed by atoms with Gasteiger partial charge in [0.25, 0.3) is 11.7 Å². The number of anilines is 2. The first kappa shape index (κ1) is 13.5. The Morgan fingerprint density at radius 1 is 1.37 bits per heavy atom. The molecule has 1 heterocycles. The molecule has 0 aliphatic carbocycles. The van der Waals surface area contributed by atoms with Gasteiger partial charge in [-0.25, -0.2) is 4.39 Å². The van der Waals surface area contributed by atoms with Crippen LogP contribution in [0.1, 0.15) is 17.3 Å². The fourth-order valence-electron chi connectivity index (χ4n) is 2.05. The lowest BCUT2D eigenvalue weighted by Gasteiger charge is -2.23. The molecule has 0 bridgehead atoms. The van der Waals surface area contributed by atoms with Crippen molar-refractivity contribution in [3.05, 3.63) is 23.5 Å². The van der Waals surface area contributed by atoms with E-state index in [1.165, 1.54) is 6.07 Å². The third-order valence-corrected chi connectivity index (χ3v) is 3.07. The highest BCUT2D eigenvalue weighted by Crippen LogP contribution is 2.31. The highest BCUT2D eigenvalue weighted by molar-refractivity contribution is 6.51. The molecular weight excluding hydrogens is 251 g/mol. The van der Waals surface area contributed by atoms with Crippen LogP contribution in [-0.4, -0.2) is 38.5 Å². The summed E-state index contributed by atoms with van der Waals surface area (Å²) in [7, 11) is 1.58. The molecule has 0 saturated heterocycles. The number of carbonyl (C=O) groups excluding carboxylic acids is 2. The minimum atomic E-state index is -0.716. The van der Waals surface area contributed by atoms with Crippen LogP contribution in [0.15, 0.2) is 12.1 Å². The largest absolute Gasteiger partial charge is 0.383 e. The van der Waals surface area contributed by atoms with E-state index in [0.717, 1.165) is 6.07 Å². The SMILES string of the molecule is CCN(CCOC)c1cc2c(cc1F)C(=O)C(=O)N2. The van der Waals surface area contributed by atoms with E-state index in [9.17, 15) is 14.0 Å². The Labute approximate surface area is 110 Å². The second-order valence-electron chi connectivity index (χ2n) is 4.20. The Morgan fingerprint density at radius 2 is 2.11 bits per heavy atom. The van der Waals surface area contributed by atoms with Crippen molar-refractivity contribution in [2.24, 2.45) is 0 Å². The van der Waals surface area contributed by atoms with Gasteiger partial charge in [-0.3, -0.25) is 9.59 Å². The summed E-state index contributed by atoms with van der Waals surface area (Å²) < 4.78 is 19.0. The van der Waals surface area contributed by atoms with Crippen LogP contribution >= 0.6 is 0 Å². The molecule has 1 aromatic rings. The maximum atomic E-state index is 14.0. The number of fused-ring (bicyclic) bond motifs is 1. The minimum absolute atomic E-state index is 0.0917. The fraction of sp³-hybridized carbons (Fsp3) is 0.385. The number of ether oxygens (including phenoxy) is 1. The third-order valence-electron chi connectivity index (χ3n) is 3.07. The maximum Gasteiger partial charge on any atom is 0.296 e. The molecule has 0 spiro atoms. The molecule has 1 amide bonds. The fourth-order valence-corrected chi connectivity index (χ4v) is 2.05. The summed E-state index contributed by atoms with van der Waals surface area (Å²) in [5, 5.41) is 2.44. The molecule has 1 aliphatic heterocycles. The van der Waals surface area contributed by atoms with Crippen LogP contribution in [0.2, 0.25) is 0 Å². The summed E-state index contributed by atoms with van der Waals surface area (Å²) in [5.74, 6) is -1.92. The average molecular weight is 266 g/mol. The lowest BCUT2D eigenvalue weighted by Crippen LogP contribution is -2.27. The van der Waals surface area contributed by atoms with Crippen LogP contribution in [0.3, 0.4) is 0 Å². The van der Waals surface area contributed by atoms with Crippen LogP contribution in [0.4, 0.5) is 15.8 Å². The number of nitrogens with one attached hydrogen (secondary N) is 1. The molecule has 0 aromatic heterocycles. The Hall–Kier alpha value is -1.95. The average Bonchev–Trinajstić information content (AvgIpc) is 2.66. The summed E-state index contributed by atoms with van der Waals surface area (Å²) in [5.41, 5.74) is 0.810. The maximum absolute atomic E-state index is 14.0. The number of hydrogen-bond donors (Lipinski definition) is 1. The van der Waals surface area contributed by atoms with Gasteiger partial charge in [-0.05, 0) is 19.1 Å². The standard InChI is InChI=1S/C13H15FN2O3/c1-3-16(4-5-19-2)11-7-10-8(6-9(11)14)12(17)13(18)15-10/h6-7H,3-5H2,1-2H3,(H,15,17,18). The molecule has 1 N–H and O–H groups in total. The van der Waals surface area contributed by atoms with Crippen molar-refractivity contribution < 1.29 is 18.7 Å². The molecule has 102 valence electrons. The van der Waals surface area contributed by atoms with Gasteiger partial charge in [0, 0.05) is 20.2 Å². The monoisotopic (exact) mass is 266 g/mol. The van der Waals surface area contributed by atoms with Crippen molar-refractivity contribution in [3.63, 3.8) is 0 Å². The Balaban J connectivity index is 2.35. The lowest BCUT2D eigenvalue weighted by molar-refractivity contribution is -0.112. The Kier molecular flexibility index (Phi) is 3.80. The molecule has 2 rings (SSSR count). The van der Waals surface area contributed by atoms with Gasteiger partial charge in [-0.15, -0.1) is 0 Å². The molecule has 0 saturated carbocycles. The summed E-state index contributed by atoms with van der Waals surface area (Å²) in [6.45, 7) is 3.49. The normalized spacial score (nSPS) is 13.4. The quantitative estimate of drug-likeness (QED) is 0.819. The van der Waals surface area contributed by atoms with E-state index < -0.39 is 17.5 Å². The van der Waals surface area contributed by atoms with E-state index in [0.29, 0.717) is 31.1 Å². The van der Waals surface area contributed by atoms with Crippen molar-refractivity contribution in [3.8, 4) is 0 Å². The molecule has 0 radical (unpaired) electrons. The summed E-state index contributed by atoms with van der Waals surface area (Å²) in [6.07, 6.45) is 0. The number of Topliss-reactive ketones (excluding diaryl/α,β-unsaturated/α-hetero) is 1. The predicted octanol–water partition coefficient (Wildman–Crippen LogP) is 1.43. The van der Waals surface area contributed by atoms with Crippen molar-refractivity contribution in [1.82, 2.24) is 0 Å². The van der Waals surface area contributed by atoms with Gasteiger partial charge in [0.1, 0.15) is 5.82 Å². The first-order valence-electron chi connectivity index (χ1n) is 6.01. The molecule has 19 heavy (non-hydrogen) atoms. The van der Waals surface area contributed by atoms with Gasteiger partial charge in [0.05, 0.1) is 23.5 Å². The number of methoxy groups -OCH3 is 1. The van der Waals surface area contributed by atoms with E-state index in [-0.39, 0.29) is 5.56 Å². The van der Waals surface area contributed by atoms with Crippen LogP contribution in [0, 0.1) is 5.82 Å². The van der Waals surface area contributed by atoms with Crippen molar-refractivity contribution >= 4 is 23.1 Å². The van der Waals surface area contributed by atoms with Gasteiger partial charge in [-0.2, -0.15) is 0 Å². The number of rotatable bonds is 5. The number of nitrogens with zero attached hydrogens (tertiary/aromatic N) is 1. The van der Waals surface area contributed by atoms with Gasteiger partial charge < -0.3 is 15.0 Å². The molecule has 0 fully saturated rings. The number of benzene rings is 1. The van der Waals surface area contributed by atoms with Crippen molar-refractivity contribution in [2.45, 2.75) is 6.92 Å². The zero-order valence-electron chi connectivity index (χ0n) is 10.8. The van der Waals surface area contributed by atoms with E-state index >= 15 is 0 Å². The highest BCUT2D eigenvalue weighted by Gasteiger charge is 2.30. The zero-order chi connectivity index (χ0) is 14.0. The number of halogens is 1. The summed E-state index contributed by atoms with van der Waals surface area (Å²) in [4.78, 5) is 24.5. The second-order valence-corrected chi connectivity index (χ2v) is 4.20. The van der Waals surface area contributed by atoms with E-state index in [1.54, 1.807) is 12.0 Å². The smallest absolute Gasteiger partial charge is 0.296 e. The topological polar surface area (TPSA) is 58.6 Å². The van der Waals surface area contributed by atoms with Crippen LogP contribution in [0.25, 0.3) is 0 Å². The van der Waals surface area contributed by atoms with E-state index in [4.69, 9.17) is 4.74 Å². The van der Waals surface area contributed by atoms with Crippen LogP contribution in [0.5, 0.6) is 0 Å². The molecule has 5 nitrogen and oxygen atoms in total. The number of amides is 1. The van der Waals surface area contributed by atoms with Crippen LogP contribution < -0.4 is 10.2 Å². The van der Waals surface area contributed by atoms with Crippen LogP contribution in [-0.2, 0) is 9.53 Å². The number of carbonyl (C=O) groups is 2. The summed E-state index contributed by atoms with van der Waals surface area (Å²) in [6, 6.07) is 2.60. The van der Waals surface area contributed by atoms with Gasteiger partial charge in [0.15, 0.2) is 0 Å². The second kappa shape index (κ2) is 5.36. The minimum Gasteiger partial charge on any atom is -0.383 e. The van der Waals surface area contributed by atoms with E-state index in [1.807, 2.05) is 6.92 Å². The van der Waals surface area contributed by atoms with Crippen molar-refractivity contribution in [2.75, 3.05) is 37.0 Å². The first-order valence-corrected chi connectivity index (χ1v) is 6.01. The molecule has 6 heteroatoms. The molecule has 0 unspecified atom stereocenters. The lowest BCUT2D eigenvalue weighted by atomic mass is 10.1. The van der Waals surface area contributed by atoms with Gasteiger partial charge in [-0.1, -0.05) is 0 Å². The molecule has 0 atom stereocenters. The molecule has 1 aliphatic rings. The highest BCUT2D eigenvalue weighted by atomic mass is 19.1. The Bertz CT molecular complexity index is 531. The zero-order valence-corrected chi connectivity index (χ0v) is 10.8. The third kappa shape index (κ3) is 2.44. The van der Waals surface area contributed by atoms with E-state index in [2.05, 4.69) is 5.32 Å². The Morgan fingerprint density at radius 3 is 2.74 bits per heavy atom. The van der Waals surface area contributed by atoms with Crippen molar-refractivity contribution in [1.29, 1.82) is 0 Å². The van der Waals surface area contributed by atoms with Gasteiger partial charge >= 0.3 is 0 Å². The number of likely N-dealkylation sites (N-methyl/N-ethyl adjacent to an activating group) is 1. The van der Waals surface area contributed by atoms with Gasteiger partial charge in [0.2, 0.25) is 0 Å².